The molecule has 2 aliphatic rings. The fraction of sp³-hybridized carbons (Fsp3) is 0.345. The number of rotatable bonds is 8. The maximum atomic E-state index is 9.47. The Bertz CT molecular complexity index is 1370. The SMILES string of the molecule is OCc1cnc2c(N3CCc4c(-c5cccc(OCCCN6CCCC6)c5)cccc43)ncnc2c1. The Balaban J connectivity index is 1.24. The number of hydrogen-bond donors (Lipinski definition) is 1. The van der Waals surface area contributed by atoms with E-state index in [0.717, 1.165) is 66.4 Å². The molecule has 0 saturated carbocycles. The quantitative estimate of drug-likeness (QED) is 0.364. The number of ether oxygens (including phenoxy) is 1. The van der Waals surface area contributed by atoms with Crippen LogP contribution >= 0.6 is 0 Å². The average molecular weight is 482 g/mol. The molecule has 0 unspecified atom stereocenters. The number of aliphatic hydroxyl groups excluding tert-OH is 1. The second-order valence-corrected chi connectivity index (χ2v) is 9.55. The highest BCUT2D eigenvalue weighted by molar-refractivity contribution is 5.90. The van der Waals surface area contributed by atoms with Gasteiger partial charge in [-0.15, -0.1) is 0 Å². The molecule has 7 heteroatoms. The monoisotopic (exact) mass is 481 g/mol. The maximum absolute atomic E-state index is 9.47. The molecule has 0 atom stereocenters. The molecule has 1 fully saturated rings. The van der Waals surface area contributed by atoms with Crippen LogP contribution < -0.4 is 9.64 Å². The van der Waals surface area contributed by atoms with Gasteiger partial charge in [0.15, 0.2) is 5.82 Å². The summed E-state index contributed by atoms with van der Waals surface area (Å²) in [6, 6.07) is 16.8. The van der Waals surface area contributed by atoms with Crippen LogP contribution in [0.5, 0.6) is 5.75 Å². The molecule has 184 valence electrons. The summed E-state index contributed by atoms with van der Waals surface area (Å²) in [7, 11) is 0. The largest absolute Gasteiger partial charge is 0.494 e. The first kappa shape index (κ1) is 22.9. The minimum absolute atomic E-state index is 0.0561. The molecule has 2 aliphatic heterocycles. The summed E-state index contributed by atoms with van der Waals surface area (Å²) in [6.45, 7) is 5.10. The molecule has 1 saturated heterocycles. The highest BCUT2D eigenvalue weighted by Crippen LogP contribution is 2.41. The van der Waals surface area contributed by atoms with Gasteiger partial charge < -0.3 is 19.6 Å². The zero-order chi connectivity index (χ0) is 24.3. The van der Waals surface area contributed by atoms with Crippen LogP contribution in [-0.2, 0) is 13.0 Å². The Kier molecular flexibility index (Phi) is 6.49. The van der Waals surface area contributed by atoms with Crippen molar-refractivity contribution in [2.75, 3.05) is 37.7 Å². The topological polar surface area (TPSA) is 74.6 Å². The van der Waals surface area contributed by atoms with Crippen molar-refractivity contribution >= 4 is 22.5 Å². The molecule has 2 aromatic carbocycles. The summed E-state index contributed by atoms with van der Waals surface area (Å²) in [6.07, 6.45) is 7.91. The summed E-state index contributed by atoms with van der Waals surface area (Å²) in [5.41, 5.74) is 7.09. The Labute approximate surface area is 211 Å². The Hall–Kier alpha value is -3.55. The molecule has 0 aliphatic carbocycles. The van der Waals surface area contributed by atoms with Gasteiger partial charge in [-0.1, -0.05) is 24.3 Å². The fourth-order valence-corrected chi connectivity index (χ4v) is 5.42. The van der Waals surface area contributed by atoms with Crippen molar-refractivity contribution < 1.29 is 9.84 Å². The fourth-order valence-electron chi connectivity index (χ4n) is 5.42. The number of aliphatic hydroxyl groups is 1. The highest BCUT2D eigenvalue weighted by Gasteiger charge is 2.26. The van der Waals surface area contributed by atoms with Gasteiger partial charge in [0.05, 0.1) is 18.7 Å². The normalized spacial score (nSPS) is 15.5. The lowest BCUT2D eigenvalue weighted by Gasteiger charge is -2.20. The van der Waals surface area contributed by atoms with Crippen molar-refractivity contribution in [1.29, 1.82) is 0 Å². The summed E-state index contributed by atoms with van der Waals surface area (Å²) in [4.78, 5) is 18.3. The Morgan fingerprint density at radius 2 is 1.83 bits per heavy atom. The number of aromatic nitrogens is 3. The summed E-state index contributed by atoms with van der Waals surface area (Å²) >= 11 is 0. The number of pyridine rings is 1. The molecule has 36 heavy (non-hydrogen) atoms. The van der Waals surface area contributed by atoms with Crippen LogP contribution in [-0.4, -0.2) is 57.7 Å². The van der Waals surface area contributed by atoms with Gasteiger partial charge >= 0.3 is 0 Å². The van der Waals surface area contributed by atoms with Crippen molar-refractivity contribution in [2.24, 2.45) is 0 Å². The van der Waals surface area contributed by atoms with E-state index in [2.05, 4.69) is 61.1 Å². The minimum Gasteiger partial charge on any atom is -0.494 e. The minimum atomic E-state index is -0.0561. The van der Waals surface area contributed by atoms with Gasteiger partial charge in [-0.05, 0) is 85.3 Å². The number of nitrogens with zero attached hydrogens (tertiary/aromatic N) is 5. The molecular weight excluding hydrogens is 450 g/mol. The van der Waals surface area contributed by atoms with Crippen LogP contribution in [0, 0.1) is 0 Å². The smallest absolute Gasteiger partial charge is 0.163 e. The first-order chi connectivity index (χ1) is 17.8. The summed E-state index contributed by atoms with van der Waals surface area (Å²) in [5.74, 6) is 1.72. The van der Waals surface area contributed by atoms with Crippen LogP contribution in [0.1, 0.15) is 30.4 Å². The van der Waals surface area contributed by atoms with Crippen molar-refractivity contribution in [3.8, 4) is 16.9 Å². The van der Waals surface area contributed by atoms with E-state index in [1.807, 2.05) is 12.1 Å². The second kappa shape index (κ2) is 10.2. The number of hydrogen-bond acceptors (Lipinski definition) is 7. The van der Waals surface area contributed by atoms with E-state index < -0.39 is 0 Å². The highest BCUT2D eigenvalue weighted by atomic mass is 16.5. The van der Waals surface area contributed by atoms with E-state index in [9.17, 15) is 5.11 Å². The summed E-state index contributed by atoms with van der Waals surface area (Å²) in [5, 5.41) is 9.47. The van der Waals surface area contributed by atoms with E-state index in [-0.39, 0.29) is 6.61 Å². The second-order valence-electron chi connectivity index (χ2n) is 9.55. The lowest BCUT2D eigenvalue weighted by Crippen LogP contribution is -2.21. The molecule has 1 N–H and O–H groups in total. The van der Waals surface area contributed by atoms with Gasteiger partial charge in [0.2, 0.25) is 0 Å². The van der Waals surface area contributed by atoms with Gasteiger partial charge in [0.1, 0.15) is 17.6 Å². The van der Waals surface area contributed by atoms with E-state index in [4.69, 9.17) is 4.74 Å². The summed E-state index contributed by atoms with van der Waals surface area (Å²) < 4.78 is 6.12. The molecule has 4 aromatic rings. The lowest BCUT2D eigenvalue weighted by molar-refractivity contribution is 0.263. The van der Waals surface area contributed by atoms with Crippen LogP contribution in [0.3, 0.4) is 0 Å². The van der Waals surface area contributed by atoms with Crippen molar-refractivity contribution in [2.45, 2.75) is 32.3 Å². The molecule has 4 heterocycles. The first-order valence-corrected chi connectivity index (χ1v) is 12.9. The van der Waals surface area contributed by atoms with Gasteiger partial charge in [-0.2, -0.15) is 0 Å². The molecule has 7 nitrogen and oxygen atoms in total. The number of likely N-dealkylation sites (tertiary alicyclic amines) is 1. The standard InChI is InChI=1S/C29H31N5O2/c35-19-21-16-26-28(30-18-21)29(32-20-31-26)34-14-10-25-24(8-4-9-27(25)34)22-6-3-7-23(17-22)36-15-5-13-33-11-1-2-12-33/h3-4,6-9,16-18,20,35H,1-2,5,10-15,19H2. The lowest BCUT2D eigenvalue weighted by atomic mass is 9.98. The predicted octanol–water partition coefficient (Wildman–Crippen LogP) is 4.74. The van der Waals surface area contributed by atoms with E-state index >= 15 is 0 Å². The Morgan fingerprint density at radius 1 is 0.944 bits per heavy atom. The van der Waals surface area contributed by atoms with Crippen LogP contribution in [0.15, 0.2) is 61.1 Å². The van der Waals surface area contributed by atoms with Crippen molar-refractivity contribution in [1.82, 2.24) is 19.9 Å². The molecule has 2 aromatic heterocycles. The zero-order valence-electron chi connectivity index (χ0n) is 20.4. The number of fused-ring (bicyclic) bond motifs is 2. The number of benzene rings is 2. The maximum Gasteiger partial charge on any atom is 0.163 e. The third kappa shape index (κ3) is 4.52. The van der Waals surface area contributed by atoms with Gasteiger partial charge in [-0.25, -0.2) is 9.97 Å². The van der Waals surface area contributed by atoms with E-state index in [0.29, 0.717) is 0 Å². The van der Waals surface area contributed by atoms with Crippen molar-refractivity contribution in [3.05, 3.63) is 72.2 Å². The molecule has 6 rings (SSSR count). The van der Waals surface area contributed by atoms with E-state index in [1.54, 1.807) is 12.5 Å². The molecular formula is C29H31N5O2. The molecule has 0 spiro atoms. The van der Waals surface area contributed by atoms with Gasteiger partial charge in [0, 0.05) is 25.0 Å². The predicted molar refractivity (Wildman–Crippen MR) is 142 cm³/mol. The number of anilines is 2. The Morgan fingerprint density at radius 3 is 2.72 bits per heavy atom. The first-order valence-electron chi connectivity index (χ1n) is 12.9. The van der Waals surface area contributed by atoms with Crippen LogP contribution in [0.2, 0.25) is 0 Å². The molecule has 0 amide bonds. The third-order valence-corrected chi connectivity index (χ3v) is 7.21. The van der Waals surface area contributed by atoms with Crippen LogP contribution in [0.25, 0.3) is 22.2 Å². The van der Waals surface area contributed by atoms with Gasteiger partial charge in [-0.3, -0.25) is 4.98 Å². The van der Waals surface area contributed by atoms with Crippen LogP contribution in [0.4, 0.5) is 11.5 Å². The third-order valence-electron chi connectivity index (χ3n) is 7.21. The zero-order valence-corrected chi connectivity index (χ0v) is 20.4. The van der Waals surface area contributed by atoms with Gasteiger partial charge in [0.25, 0.3) is 0 Å². The molecule has 0 radical (unpaired) electrons. The van der Waals surface area contributed by atoms with E-state index in [1.165, 1.54) is 42.6 Å². The molecule has 0 bridgehead atoms. The van der Waals surface area contributed by atoms with Crippen molar-refractivity contribution in [3.63, 3.8) is 0 Å². The average Bonchev–Trinajstić information content (AvgIpc) is 3.61.